The van der Waals surface area contributed by atoms with Crippen LogP contribution in [0.3, 0.4) is 0 Å². The summed E-state index contributed by atoms with van der Waals surface area (Å²) >= 11 is 0. The maximum absolute atomic E-state index is 6.10. The first-order valence-electron chi connectivity index (χ1n) is 6.49. The number of ether oxygens (including phenoxy) is 1. The van der Waals surface area contributed by atoms with E-state index in [-0.39, 0.29) is 5.60 Å². The zero-order valence-electron chi connectivity index (χ0n) is 11.2. The molecule has 1 fully saturated rings. The quantitative estimate of drug-likeness (QED) is 0.866. The summed E-state index contributed by atoms with van der Waals surface area (Å²) in [5.41, 5.74) is 3.93. The van der Waals surface area contributed by atoms with Crippen molar-refractivity contribution in [1.82, 2.24) is 5.32 Å². The number of aryl methyl sites for hydroxylation is 2. The lowest BCUT2D eigenvalue weighted by Crippen LogP contribution is -2.45. The van der Waals surface area contributed by atoms with Crippen LogP contribution in [0.4, 0.5) is 0 Å². The standard InChI is InChI=1S/C15H23NO/c1-12-7-13(2)9-14(8-12)10-17-15(3)5-4-6-16-11-15/h7-9,16H,4-6,10-11H2,1-3H3. The Bertz CT molecular complexity index is 360. The van der Waals surface area contributed by atoms with Crippen LogP contribution in [0.5, 0.6) is 0 Å². The van der Waals surface area contributed by atoms with Crippen molar-refractivity contribution in [2.24, 2.45) is 0 Å². The second-order valence-electron chi connectivity index (χ2n) is 5.51. The van der Waals surface area contributed by atoms with E-state index in [2.05, 4.69) is 44.3 Å². The Hall–Kier alpha value is -0.860. The van der Waals surface area contributed by atoms with Crippen LogP contribution < -0.4 is 5.32 Å². The Morgan fingerprint density at radius 3 is 2.53 bits per heavy atom. The van der Waals surface area contributed by atoms with Gasteiger partial charge in [0, 0.05) is 6.54 Å². The number of nitrogens with one attached hydrogen (secondary N) is 1. The predicted octanol–water partition coefficient (Wildman–Crippen LogP) is 2.96. The van der Waals surface area contributed by atoms with Gasteiger partial charge in [0.25, 0.3) is 0 Å². The summed E-state index contributed by atoms with van der Waals surface area (Å²) in [5.74, 6) is 0. The summed E-state index contributed by atoms with van der Waals surface area (Å²) < 4.78 is 6.10. The molecule has 1 heterocycles. The van der Waals surface area contributed by atoms with Gasteiger partial charge < -0.3 is 10.1 Å². The van der Waals surface area contributed by atoms with Crippen molar-refractivity contribution in [3.63, 3.8) is 0 Å². The third kappa shape index (κ3) is 3.55. The highest BCUT2D eigenvalue weighted by molar-refractivity contribution is 5.28. The molecule has 1 saturated heterocycles. The van der Waals surface area contributed by atoms with Crippen LogP contribution in [0.1, 0.15) is 36.5 Å². The second kappa shape index (κ2) is 5.19. The molecule has 17 heavy (non-hydrogen) atoms. The fraction of sp³-hybridized carbons (Fsp3) is 0.600. The van der Waals surface area contributed by atoms with E-state index in [1.165, 1.54) is 23.1 Å². The van der Waals surface area contributed by atoms with Gasteiger partial charge in [0.2, 0.25) is 0 Å². The minimum Gasteiger partial charge on any atom is -0.369 e. The largest absolute Gasteiger partial charge is 0.369 e. The number of hydrogen-bond donors (Lipinski definition) is 1. The van der Waals surface area contributed by atoms with Crippen molar-refractivity contribution in [3.05, 3.63) is 34.9 Å². The highest BCUT2D eigenvalue weighted by Gasteiger charge is 2.27. The van der Waals surface area contributed by atoms with Crippen LogP contribution in [0.2, 0.25) is 0 Å². The fourth-order valence-electron chi connectivity index (χ4n) is 2.56. The average molecular weight is 233 g/mol. The summed E-state index contributed by atoms with van der Waals surface area (Å²) in [6, 6.07) is 6.63. The summed E-state index contributed by atoms with van der Waals surface area (Å²) in [7, 11) is 0. The molecule has 2 rings (SSSR count). The van der Waals surface area contributed by atoms with E-state index in [1.54, 1.807) is 0 Å². The molecule has 0 bridgehead atoms. The Balaban J connectivity index is 1.96. The summed E-state index contributed by atoms with van der Waals surface area (Å²) in [6.45, 7) is 9.31. The van der Waals surface area contributed by atoms with Gasteiger partial charge in [-0.3, -0.25) is 0 Å². The molecule has 1 aromatic rings. The van der Waals surface area contributed by atoms with Gasteiger partial charge >= 0.3 is 0 Å². The number of piperidine rings is 1. The zero-order chi connectivity index (χ0) is 12.3. The summed E-state index contributed by atoms with van der Waals surface area (Å²) in [5, 5.41) is 3.41. The molecule has 1 aliphatic rings. The lowest BCUT2D eigenvalue weighted by molar-refractivity contribution is -0.0571. The lowest BCUT2D eigenvalue weighted by atomic mass is 9.96. The van der Waals surface area contributed by atoms with Crippen LogP contribution in [-0.2, 0) is 11.3 Å². The maximum atomic E-state index is 6.10. The van der Waals surface area contributed by atoms with Gasteiger partial charge in [-0.1, -0.05) is 29.3 Å². The third-order valence-corrected chi connectivity index (χ3v) is 3.43. The Morgan fingerprint density at radius 2 is 1.94 bits per heavy atom. The molecule has 1 atom stereocenters. The topological polar surface area (TPSA) is 21.3 Å². The van der Waals surface area contributed by atoms with Gasteiger partial charge in [0.1, 0.15) is 0 Å². The van der Waals surface area contributed by atoms with Crippen molar-refractivity contribution < 1.29 is 4.74 Å². The molecule has 0 saturated carbocycles. The van der Waals surface area contributed by atoms with Crippen molar-refractivity contribution in [2.75, 3.05) is 13.1 Å². The van der Waals surface area contributed by atoms with Crippen LogP contribution in [0.25, 0.3) is 0 Å². The van der Waals surface area contributed by atoms with Gasteiger partial charge in [-0.25, -0.2) is 0 Å². The van der Waals surface area contributed by atoms with Crippen LogP contribution in [-0.4, -0.2) is 18.7 Å². The Labute approximate surface area is 104 Å². The molecule has 1 unspecified atom stereocenters. The monoisotopic (exact) mass is 233 g/mol. The molecule has 0 spiro atoms. The average Bonchev–Trinajstić information content (AvgIpc) is 2.26. The Kier molecular flexibility index (Phi) is 3.85. The van der Waals surface area contributed by atoms with E-state index in [4.69, 9.17) is 4.74 Å². The van der Waals surface area contributed by atoms with E-state index < -0.39 is 0 Å². The van der Waals surface area contributed by atoms with E-state index in [0.717, 1.165) is 26.1 Å². The van der Waals surface area contributed by atoms with Gasteiger partial charge in [-0.05, 0) is 45.7 Å². The number of hydrogen-bond acceptors (Lipinski definition) is 2. The van der Waals surface area contributed by atoms with E-state index in [0.29, 0.717) is 0 Å². The molecule has 1 aliphatic heterocycles. The zero-order valence-corrected chi connectivity index (χ0v) is 11.2. The molecule has 0 aliphatic carbocycles. The normalized spacial score (nSPS) is 24.9. The fourth-order valence-corrected chi connectivity index (χ4v) is 2.56. The first-order chi connectivity index (χ1) is 8.07. The van der Waals surface area contributed by atoms with Crippen LogP contribution in [0.15, 0.2) is 18.2 Å². The second-order valence-corrected chi connectivity index (χ2v) is 5.51. The van der Waals surface area contributed by atoms with Gasteiger partial charge in [-0.2, -0.15) is 0 Å². The molecule has 0 radical (unpaired) electrons. The summed E-state index contributed by atoms with van der Waals surface area (Å²) in [4.78, 5) is 0. The molecular weight excluding hydrogens is 210 g/mol. The highest BCUT2D eigenvalue weighted by atomic mass is 16.5. The van der Waals surface area contributed by atoms with Gasteiger partial charge in [-0.15, -0.1) is 0 Å². The third-order valence-electron chi connectivity index (χ3n) is 3.43. The minimum absolute atomic E-state index is 0.00982. The van der Waals surface area contributed by atoms with E-state index in [1.807, 2.05) is 0 Å². The predicted molar refractivity (Wildman–Crippen MR) is 71.2 cm³/mol. The molecule has 1 N–H and O–H groups in total. The number of benzene rings is 1. The smallest absolute Gasteiger partial charge is 0.0783 e. The van der Waals surface area contributed by atoms with Crippen LogP contribution in [0, 0.1) is 13.8 Å². The minimum atomic E-state index is 0.00982. The molecule has 0 amide bonds. The first kappa shape index (κ1) is 12.6. The lowest BCUT2D eigenvalue weighted by Gasteiger charge is -2.34. The molecule has 2 heteroatoms. The number of rotatable bonds is 3. The maximum Gasteiger partial charge on any atom is 0.0783 e. The first-order valence-corrected chi connectivity index (χ1v) is 6.49. The van der Waals surface area contributed by atoms with Crippen molar-refractivity contribution in [3.8, 4) is 0 Å². The van der Waals surface area contributed by atoms with E-state index >= 15 is 0 Å². The SMILES string of the molecule is Cc1cc(C)cc(COC2(C)CCCNC2)c1. The molecule has 0 aromatic heterocycles. The van der Waals surface area contributed by atoms with Gasteiger partial charge in [0.05, 0.1) is 12.2 Å². The molecule has 1 aromatic carbocycles. The van der Waals surface area contributed by atoms with Crippen LogP contribution >= 0.6 is 0 Å². The van der Waals surface area contributed by atoms with Gasteiger partial charge in [0.15, 0.2) is 0 Å². The summed E-state index contributed by atoms with van der Waals surface area (Å²) in [6.07, 6.45) is 2.37. The van der Waals surface area contributed by atoms with E-state index in [9.17, 15) is 0 Å². The van der Waals surface area contributed by atoms with Crippen molar-refractivity contribution >= 4 is 0 Å². The molecule has 2 nitrogen and oxygen atoms in total. The molecular formula is C15H23NO. The van der Waals surface area contributed by atoms with Crippen molar-refractivity contribution in [1.29, 1.82) is 0 Å². The Morgan fingerprint density at radius 1 is 1.24 bits per heavy atom. The highest BCUT2D eigenvalue weighted by Crippen LogP contribution is 2.22. The van der Waals surface area contributed by atoms with Crippen molar-refractivity contribution in [2.45, 2.75) is 45.8 Å². The molecule has 94 valence electrons.